The summed E-state index contributed by atoms with van der Waals surface area (Å²) in [6.07, 6.45) is 0. The number of amides is 1. The number of nitrogen functional groups attached to an aromatic ring is 1. The van der Waals surface area contributed by atoms with E-state index in [0.29, 0.717) is 0 Å². The van der Waals surface area contributed by atoms with E-state index in [4.69, 9.17) is 5.73 Å². The molecule has 31 heavy (non-hydrogen) atoms. The van der Waals surface area contributed by atoms with Crippen LogP contribution >= 0.6 is 0 Å². The number of nitrogens with one attached hydrogen (secondary N) is 1. The summed E-state index contributed by atoms with van der Waals surface area (Å²) >= 11 is -2.71. The number of nitrogens with zero attached hydrogens (tertiary/aromatic N) is 2. The van der Waals surface area contributed by atoms with E-state index in [9.17, 15) is 31.6 Å². The van der Waals surface area contributed by atoms with Crippen LogP contribution in [0.4, 0.5) is 22.7 Å². The minimum absolute atomic E-state index is 0.0239. The summed E-state index contributed by atoms with van der Waals surface area (Å²) in [4.78, 5) is 10.3. The summed E-state index contributed by atoms with van der Waals surface area (Å²) in [5.41, 5.74) is 6.07. The molecule has 13 heteroatoms. The third-order valence-electron chi connectivity index (χ3n) is 4.08. The fourth-order valence-electron chi connectivity index (χ4n) is 2.78. The second-order valence-corrected chi connectivity index (χ2v) is 8.59. The maximum atomic E-state index is 11.6. The predicted molar refractivity (Wildman–Crippen MR) is 110 cm³/mol. The molecule has 3 rings (SSSR count). The highest BCUT2D eigenvalue weighted by atomic mass is 32.2. The van der Waals surface area contributed by atoms with Crippen molar-refractivity contribution < 1.29 is 31.6 Å². The Bertz CT molecular complexity index is 1370. The van der Waals surface area contributed by atoms with Crippen molar-refractivity contribution in [1.29, 1.82) is 0 Å². The van der Waals surface area contributed by atoms with Crippen molar-refractivity contribution in [2.24, 2.45) is 10.2 Å². The van der Waals surface area contributed by atoms with Crippen LogP contribution in [-0.4, -0.2) is 32.7 Å². The average Bonchev–Trinajstić information content (AvgIpc) is 2.66. The van der Waals surface area contributed by atoms with E-state index in [1.54, 1.807) is 0 Å². The van der Waals surface area contributed by atoms with Gasteiger partial charge in [-0.25, -0.2) is 8.42 Å². The number of nitrogens with two attached hydrogens (primary N) is 1. The Morgan fingerprint density at radius 3 is 2.48 bits per heavy atom. The fraction of sp³-hybridized carbons (Fsp3) is 0.0556. The lowest BCUT2D eigenvalue weighted by Gasteiger charge is -2.13. The standard InChI is InChI=1S/C18H16N4O7S2/c1-9(23)20-11-3-5-14(16(7-11)30(25)26)21-22-18-13(19)4-2-10-6-12(31(27,28)29)8-15(24)17(10)18/h2-8,24H,19H2,1H3,(H,20,23)(H,25,26)(H,27,28,29)/p-2. The number of anilines is 2. The second-order valence-electron chi connectivity index (χ2n) is 6.30. The molecule has 162 valence electrons. The first kappa shape index (κ1) is 22.3. The van der Waals surface area contributed by atoms with Crippen molar-refractivity contribution in [2.75, 3.05) is 11.1 Å². The zero-order valence-electron chi connectivity index (χ0n) is 15.7. The highest BCUT2D eigenvalue weighted by molar-refractivity contribution is 7.85. The molecule has 0 aliphatic carbocycles. The number of aromatic hydroxyl groups is 1. The molecule has 0 fully saturated rings. The van der Waals surface area contributed by atoms with Crippen LogP contribution in [0.1, 0.15) is 6.92 Å². The van der Waals surface area contributed by atoms with Gasteiger partial charge < -0.3 is 25.3 Å². The summed E-state index contributed by atoms with van der Waals surface area (Å²) in [6.45, 7) is 1.26. The van der Waals surface area contributed by atoms with E-state index in [2.05, 4.69) is 15.5 Å². The summed E-state index contributed by atoms with van der Waals surface area (Å²) in [7, 11) is -4.82. The third-order valence-corrected chi connectivity index (χ3v) is 5.58. The maximum absolute atomic E-state index is 11.6. The Labute approximate surface area is 178 Å². The van der Waals surface area contributed by atoms with Gasteiger partial charge in [0.25, 0.3) is 0 Å². The number of benzene rings is 3. The normalized spacial score (nSPS) is 12.9. The van der Waals surface area contributed by atoms with Gasteiger partial charge >= 0.3 is 0 Å². The van der Waals surface area contributed by atoms with Gasteiger partial charge in [0.2, 0.25) is 5.91 Å². The molecule has 3 aromatic carbocycles. The molecule has 1 unspecified atom stereocenters. The van der Waals surface area contributed by atoms with E-state index >= 15 is 0 Å². The van der Waals surface area contributed by atoms with Crippen LogP contribution in [0.5, 0.6) is 5.75 Å². The van der Waals surface area contributed by atoms with Crippen LogP contribution in [-0.2, 0) is 26.0 Å². The molecule has 0 aliphatic rings. The van der Waals surface area contributed by atoms with E-state index in [1.807, 2.05) is 0 Å². The number of azo groups is 1. The summed E-state index contributed by atoms with van der Waals surface area (Å²) in [6, 6.07) is 8.49. The number of phenolic OH excluding ortho intramolecular Hbond substituents is 1. The molecule has 0 radical (unpaired) electrons. The molecular weight excluding hydrogens is 448 g/mol. The molecule has 11 nitrogen and oxygen atoms in total. The van der Waals surface area contributed by atoms with Gasteiger partial charge in [0.1, 0.15) is 27.2 Å². The Hall–Kier alpha value is -3.39. The number of carbonyl (C=O) groups is 1. The van der Waals surface area contributed by atoms with Crippen molar-refractivity contribution in [1.82, 2.24) is 0 Å². The van der Waals surface area contributed by atoms with Crippen molar-refractivity contribution in [3.8, 4) is 5.75 Å². The van der Waals surface area contributed by atoms with E-state index < -0.39 is 37.8 Å². The number of hydrogen-bond acceptors (Lipinski definition) is 10. The first-order chi connectivity index (χ1) is 14.5. The number of rotatable bonds is 5. The largest absolute Gasteiger partial charge is 0.768 e. The number of carbonyl (C=O) groups excluding carboxylic acids is 1. The molecule has 4 N–H and O–H groups in total. The molecule has 0 aliphatic heterocycles. The second kappa shape index (κ2) is 8.39. The van der Waals surface area contributed by atoms with Crippen molar-refractivity contribution >= 4 is 60.6 Å². The molecular formula is C18H14N4O7S2-2. The van der Waals surface area contributed by atoms with Gasteiger partial charge in [0.15, 0.2) is 0 Å². The molecule has 0 heterocycles. The van der Waals surface area contributed by atoms with Crippen molar-refractivity contribution in [2.45, 2.75) is 16.7 Å². The van der Waals surface area contributed by atoms with Crippen LogP contribution < -0.4 is 11.1 Å². The molecule has 0 spiro atoms. The van der Waals surface area contributed by atoms with Crippen LogP contribution in [0.25, 0.3) is 10.8 Å². The summed E-state index contributed by atoms with van der Waals surface area (Å²) in [5, 5.41) is 20.7. The van der Waals surface area contributed by atoms with Gasteiger partial charge in [-0.15, -0.1) is 10.2 Å². The van der Waals surface area contributed by atoms with E-state index in [1.165, 1.54) is 37.3 Å². The smallest absolute Gasteiger partial charge is 0.221 e. The van der Waals surface area contributed by atoms with Gasteiger partial charge in [-0.1, -0.05) is 6.07 Å². The number of phenols is 1. The maximum Gasteiger partial charge on any atom is 0.221 e. The lowest BCUT2D eigenvalue weighted by Crippen LogP contribution is -2.06. The molecule has 0 bridgehead atoms. The fourth-order valence-corrected chi connectivity index (χ4v) is 3.81. The van der Waals surface area contributed by atoms with Crippen LogP contribution in [0.15, 0.2) is 62.5 Å². The molecule has 0 saturated carbocycles. The predicted octanol–water partition coefficient (Wildman–Crippen LogP) is 2.64. The first-order valence-corrected chi connectivity index (χ1v) is 10.9. The zero-order valence-corrected chi connectivity index (χ0v) is 17.4. The summed E-state index contributed by atoms with van der Waals surface area (Å²) < 4.78 is 56.9. The van der Waals surface area contributed by atoms with E-state index in [0.717, 1.165) is 12.1 Å². The molecule has 1 atom stereocenters. The van der Waals surface area contributed by atoms with Crippen LogP contribution in [0.2, 0.25) is 0 Å². The third kappa shape index (κ3) is 4.86. The Morgan fingerprint density at radius 1 is 1.16 bits per heavy atom. The molecule has 1 amide bonds. The Morgan fingerprint density at radius 2 is 1.87 bits per heavy atom. The van der Waals surface area contributed by atoms with Crippen LogP contribution in [0, 0.1) is 0 Å². The Kier molecular flexibility index (Phi) is 6.03. The minimum Gasteiger partial charge on any atom is -0.768 e. The lowest BCUT2D eigenvalue weighted by atomic mass is 10.1. The van der Waals surface area contributed by atoms with Gasteiger partial charge in [-0.3, -0.25) is 9.00 Å². The summed E-state index contributed by atoms with van der Waals surface area (Å²) in [5.74, 6) is -0.961. The molecule has 0 aromatic heterocycles. The number of hydrogen-bond donors (Lipinski definition) is 3. The van der Waals surface area contributed by atoms with E-state index in [-0.39, 0.29) is 38.4 Å². The zero-order chi connectivity index (χ0) is 22.9. The Balaban J connectivity index is 2.14. The van der Waals surface area contributed by atoms with Gasteiger partial charge in [-0.2, -0.15) is 0 Å². The SMILES string of the molecule is CC(=O)Nc1ccc(N=Nc2c(N)ccc3cc(S(=O)(=O)[O-])cc(O)c23)c(S(=O)[O-])c1. The molecule has 3 aromatic rings. The first-order valence-electron chi connectivity index (χ1n) is 8.41. The topological polar surface area (TPSA) is 197 Å². The van der Waals surface area contributed by atoms with Gasteiger partial charge in [-0.05, 0) is 52.9 Å². The highest BCUT2D eigenvalue weighted by Crippen LogP contribution is 2.40. The van der Waals surface area contributed by atoms with Crippen molar-refractivity contribution in [3.63, 3.8) is 0 Å². The minimum atomic E-state index is -4.82. The van der Waals surface area contributed by atoms with Crippen molar-refractivity contribution in [3.05, 3.63) is 42.5 Å². The monoisotopic (exact) mass is 462 g/mol. The number of fused-ring (bicyclic) bond motifs is 1. The van der Waals surface area contributed by atoms with Crippen LogP contribution in [0.3, 0.4) is 0 Å². The highest BCUT2D eigenvalue weighted by Gasteiger charge is 2.14. The van der Waals surface area contributed by atoms with Gasteiger partial charge in [0.05, 0.1) is 20.9 Å². The lowest BCUT2D eigenvalue weighted by molar-refractivity contribution is -0.114. The van der Waals surface area contributed by atoms with Gasteiger partial charge in [0, 0.05) is 12.6 Å². The molecule has 0 saturated heterocycles. The quantitative estimate of drug-likeness (QED) is 0.222. The average molecular weight is 462 g/mol.